The van der Waals surface area contributed by atoms with Crippen molar-refractivity contribution in [2.45, 2.75) is 212 Å². The van der Waals surface area contributed by atoms with E-state index in [9.17, 15) is 5.11 Å². The summed E-state index contributed by atoms with van der Waals surface area (Å²) in [6.45, 7) is 7.34. The normalized spacial score (nSPS) is 14.2. The van der Waals surface area contributed by atoms with E-state index in [1.165, 1.54) is 148 Å². The minimum atomic E-state index is -0.377. The molecule has 45 heavy (non-hydrogen) atoms. The zero-order valence-electron chi connectivity index (χ0n) is 30.5. The van der Waals surface area contributed by atoms with Crippen molar-refractivity contribution in [3.63, 3.8) is 0 Å². The molecule has 2 N–H and O–H groups in total. The second-order valence-corrected chi connectivity index (χ2v) is 13.5. The van der Waals surface area contributed by atoms with Crippen LogP contribution in [0.25, 0.3) is 0 Å². The molecule has 0 aromatic heterocycles. The number of rotatable bonds is 37. The molecule has 0 spiro atoms. The van der Waals surface area contributed by atoms with Crippen molar-refractivity contribution in [2.24, 2.45) is 0 Å². The van der Waals surface area contributed by atoms with Gasteiger partial charge >= 0.3 is 0 Å². The van der Waals surface area contributed by atoms with Gasteiger partial charge in [-0.1, -0.05) is 160 Å². The first-order chi connectivity index (χ1) is 22.1. The first-order valence-corrected chi connectivity index (χ1v) is 19.8. The molecular formula is C41H79O4. The predicted molar refractivity (Wildman–Crippen MR) is 197 cm³/mol. The Hall–Kier alpha value is -0.680. The van der Waals surface area contributed by atoms with Crippen LogP contribution in [0.15, 0.2) is 24.3 Å². The lowest BCUT2D eigenvalue weighted by atomic mass is 10.0. The topological polar surface area (TPSA) is 58.9 Å². The van der Waals surface area contributed by atoms with Gasteiger partial charge in [0.2, 0.25) is 0 Å². The lowest BCUT2D eigenvalue weighted by Gasteiger charge is -2.17. The zero-order chi connectivity index (χ0) is 32.9. The van der Waals surface area contributed by atoms with E-state index in [-0.39, 0.29) is 24.9 Å². The molecule has 0 saturated carbocycles. The second kappa shape index (κ2) is 37.8. The van der Waals surface area contributed by atoms with E-state index in [2.05, 4.69) is 44.6 Å². The molecule has 267 valence electrons. The van der Waals surface area contributed by atoms with Gasteiger partial charge in [-0.05, 0) is 64.7 Å². The van der Waals surface area contributed by atoms with Crippen LogP contribution in [0.5, 0.6) is 0 Å². The Morgan fingerprint density at radius 2 is 0.933 bits per heavy atom. The Morgan fingerprint density at radius 1 is 0.511 bits per heavy atom. The Labute approximate surface area is 282 Å². The first-order valence-electron chi connectivity index (χ1n) is 19.8. The molecule has 1 radical (unpaired) electrons. The third-order valence-corrected chi connectivity index (χ3v) is 8.72. The van der Waals surface area contributed by atoms with Crippen LogP contribution in [0.3, 0.4) is 0 Å². The molecule has 3 unspecified atom stereocenters. The Kier molecular flexibility index (Phi) is 37.2. The summed E-state index contributed by atoms with van der Waals surface area (Å²) < 4.78 is 11.8. The van der Waals surface area contributed by atoms with E-state index >= 15 is 0 Å². The highest BCUT2D eigenvalue weighted by Crippen LogP contribution is 2.16. The van der Waals surface area contributed by atoms with Gasteiger partial charge in [0.25, 0.3) is 0 Å². The lowest BCUT2D eigenvalue weighted by molar-refractivity contribution is -0.00577. The monoisotopic (exact) mass is 636 g/mol. The quantitative estimate of drug-likeness (QED) is 0.0527. The summed E-state index contributed by atoms with van der Waals surface area (Å²) in [4.78, 5) is 0. The van der Waals surface area contributed by atoms with Crippen molar-refractivity contribution in [1.29, 1.82) is 0 Å². The number of allylic oxidation sites excluding steroid dienone is 2. The average Bonchev–Trinajstić information content (AvgIpc) is 3.04. The van der Waals surface area contributed by atoms with Gasteiger partial charge in [0, 0.05) is 0 Å². The Morgan fingerprint density at radius 3 is 1.38 bits per heavy atom. The van der Waals surface area contributed by atoms with Crippen molar-refractivity contribution in [2.75, 3.05) is 19.8 Å². The number of aliphatic hydroxyl groups is 2. The maximum Gasteiger partial charge on any atom is 0.0745 e. The van der Waals surface area contributed by atoms with Crippen LogP contribution in [0, 0.1) is 6.42 Å². The van der Waals surface area contributed by atoms with Crippen molar-refractivity contribution >= 4 is 0 Å². The Balaban J connectivity index is 3.54. The number of aliphatic hydroxyl groups excluding tert-OH is 2. The molecule has 4 nitrogen and oxygen atoms in total. The Bertz CT molecular complexity index is 602. The molecule has 0 aliphatic carbocycles. The smallest absolute Gasteiger partial charge is 0.0745 e. The predicted octanol–water partition coefficient (Wildman–Crippen LogP) is 12.0. The molecule has 0 rings (SSSR count). The van der Waals surface area contributed by atoms with Crippen LogP contribution in [0.2, 0.25) is 0 Å². The third kappa shape index (κ3) is 36.0. The fourth-order valence-electron chi connectivity index (χ4n) is 5.85. The second-order valence-electron chi connectivity index (χ2n) is 13.5. The van der Waals surface area contributed by atoms with E-state index < -0.39 is 0 Å². The van der Waals surface area contributed by atoms with Gasteiger partial charge in [0.05, 0.1) is 38.1 Å². The van der Waals surface area contributed by atoms with E-state index in [1.807, 2.05) is 0 Å². The number of hydrogen-bond acceptors (Lipinski definition) is 4. The van der Waals surface area contributed by atoms with Crippen molar-refractivity contribution in [3.05, 3.63) is 30.7 Å². The van der Waals surface area contributed by atoms with Crippen molar-refractivity contribution in [1.82, 2.24) is 0 Å². The van der Waals surface area contributed by atoms with Gasteiger partial charge in [0.15, 0.2) is 0 Å². The van der Waals surface area contributed by atoms with E-state index in [4.69, 9.17) is 14.6 Å². The van der Waals surface area contributed by atoms with Gasteiger partial charge < -0.3 is 19.7 Å². The molecule has 0 aliphatic heterocycles. The summed E-state index contributed by atoms with van der Waals surface area (Å²) in [5.41, 5.74) is 0. The van der Waals surface area contributed by atoms with Crippen molar-refractivity contribution in [3.8, 4) is 0 Å². The van der Waals surface area contributed by atoms with Gasteiger partial charge in [-0.3, -0.25) is 0 Å². The minimum absolute atomic E-state index is 0.123. The summed E-state index contributed by atoms with van der Waals surface area (Å²) >= 11 is 0. The number of ether oxygens (including phenoxy) is 2. The first kappa shape index (κ1) is 44.3. The summed E-state index contributed by atoms with van der Waals surface area (Å²) in [6, 6.07) is 0. The molecule has 0 amide bonds. The van der Waals surface area contributed by atoms with Crippen LogP contribution in [-0.2, 0) is 9.47 Å². The SMILES string of the molecule is CCCCCCC(C/C=C\CCCCCCCC[CH]CCCCCCC/C=C\CC(CCCCCC)OCC(C)O)OCCO. The van der Waals surface area contributed by atoms with Gasteiger partial charge in [-0.25, -0.2) is 0 Å². The fraction of sp³-hybridized carbons (Fsp3) is 0.878. The molecule has 0 heterocycles. The van der Waals surface area contributed by atoms with Crippen LogP contribution in [-0.4, -0.2) is 48.3 Å². The van der Waals surface area contributed by atoms with Crippen LogP contribution < -0.4 is 0 Å². The van der Waals surface area contributed by atoms with Crippen LogP contribution in [0.4, 0.5) is 0 Å². The highest BCUT2D eigenvalue weighted by molar-refractivity contribution is 4.85. The van der Waals surface area contributed by atoms with Gasteiger partial charge in [-0.15, -0.1) is 0 Å². The van der Waals surface area contributed by atoms with Crippen LogP contribution >= 0.6 is 0 Å². The fourth-order valence-corrected chi connectivity index (χ4v) is 5.85. The molecule has 0 aromatic rings. The molecule has 0 saturated heterocycles. The lowest BCUT2D eigenvalue weighted by Crippen LogP contribution is -2.19. The van der Waals surface area contributed by atoms with E-state index in [0.717, 1.165) is 25.7 Å². The highest BCUT2D eigenvalue weighted by atomic mass is 16.5. The zero-order valence-corrected chi connectivity index (χ0v) is 30.5. The molecular weight excluding hydrogens is 556 g/mol. The third-order valence-electron chi connectivity index (χ3n) is 8.72. The largest absolute Gasteiger partial charge is 0.394 e. The number of hydrogen-bond donors (Lipinski definition) is 2. The molecule has 3 atom stereocenters. The maximum atomic E-state index is 9.55. The average molecular weight is 636 g/mol. The van der Waals surface area contributed by atoms with E-state index in [1.54, 1.807) is 6.92 Å². The van der Waals surface area contributed by atoms with Crippen LogP contribution in [0.1, 0.15) is 194 Å². The molecule has 0 fully saturated rings. The maximum absolute atomic E-state index is 9.55. The molecule has 0 bridgehead atoms. The standard InChI is InChI=1S/C41H79O4/c1-4-6-8-28-32-40(44-37-36-42)33-30-26-24-22-20-18-16-14-12-10-11-13-15-17-19-21-23-25-27-31-35-41(45-38-39(3)43)34-29-9-7-5-2/h11,26-27,30-31,39-43H,4-10,12-25,28-29,32-38H2,1-3H3/b30-26-,31-27-. The molecule has 4 heteroatoms. The minimum Gasteiger partial charge on any atom is -0.394 e. The summed E-state index contributed by atoms with van der Waals surface area (Å²) in [5, 5.41) is 18.6. The summed E-state index contributed by atoms with van der Waals surface area (Å²) in [7, 11) is 0. The highest BCUT2D eigenvalue weighted by Gasteiger charge is 2.09. The summed E-state index contributed by atoms with van der Waals surface area (Å²) in [6.07, 6.45) is 46.3. The van der Waals surface area contributed by atoms with E-state index in [0.29, 0.717) is 13.2 Å². The number of unbranched alkanes of at least 4 members (excludes halogenated alkanes) is 21. The van der Waals surface area contributed by atoms with Gasteiger partial charge in [-0.2, -0.15) is 0 Å². The molecule has 0 aromatic carbocycles. The molecule has 0 aliphatic rings. The summed E-state index contributed by atoms with van der Waals surface area (Å²) in [5.74, 6) is 0. The van der Waals surface area contributed by atoms with Gasteiger partial charge in [0.1, 0.15) is 0 Å². The van der Waals surface area contributed by atoms with Crippen molar-refractivity contribution < 1.29 is 19.7 Å².